The Morgan fingerprint density at radius 3 is 2.54 bits per heavy atom. The zero-order chi connectivity index (χ0) is 10.0. The van der Waals surface area contributed by atoms with E-state index in [4.69, 9.17) is 0 Å². The number of rotatable bonds is 2. The van der Waals surface area contributed by atoms with Gasteiger partial charge in [-0.25, -0.2) is 0 Å². The lowest BCUT2D eigenvalue weighted by Crippen LogP contribution is -2.08. The molecule has 0 bridgehead atoms. The SMILES string of the molecule is CC1=C([N+](=O)[O-])C=C(C(C)C)CC1. The van der Waals surface area contributed by atoms with Gasteiger partial charge >= 0.3 is 0 Å². The van der Waals surface area contributed by atoms with Crippen molar-refractivity contribution in [3.05, 3.63) is 33.0 Å². The van der Waals surface area contributed by atoms with E-state index >= 15 is 0 Å². The smallest absolute Gasteiger partial charge is 0.258 e. The molecule has 0 aromatic carbocycles. The highest BCUT2D eigenvalue weighted by atomic mass is 16.6. The predicted molar refractivity (Wildman–Crippen MR) is 51.8 cm³/mol. The molecule has 3 heteroatoms. The number of allylic oxidation sites excluding steroid dienone is 3. The highest BCUT2D eigenvalue weighted by Gasteiger charge is 2.19. The van der Waals surface area contributed by atoms with Gasteiger partial charge in [0, 0.05) is 11.6 Å². The normalized spacial score (nSPS) is 17.7. The fraction of sp³-hybridized carbons (Fsp3) is 0.600. The molecule has 0 aliphatic heterocycles. The molecule has 3 nitrogen and oxygen atoms in total. The van der Waals surface area contributed by atoms with E-state index in [1.54, 1.807) is 6.08 Å². The Morgan fingerprint density at radius 1 is 1.46 bits per heavy atom. The van der Waals surface area contributed by atoms with E-state index in [1.165, 1.54) is 5.57 Å². The summed E-state index contributed by atoms with van der Waals surface area (Å²) in [6, 6.07) is 0. The van der Waals surface area contributed by atoms with Crippen molar-refractivity contribution in [1.29, 1.82) is 0 Å². The summed E-state index contributed by atoms with van der Waals surface area (Å²) < 4.78 is 0. The topological polar surface area (TPSA) is 43.1 Å². The Labute approximate surface area is 78.3 Å². The van der Waals surface area contributed by atoms with Crippen LogP contribution in [0.2, 0.25) is 0 Å². The third-order valence-corrected chi connectivity index (χ3v) is 2.49. The second-order valence-corrected chi connectivity index (χ2v) is 3.80. The maximum absolute atomic E-state index is 10.6. The highest BCUT2D eigenvalue weighted by Crippen LogP contribution is 2.27. The first-order valence-electron chi connectivity index (χ1n) is 4.57. The van der Waals surface area contributed by atoms with Crippen molar-refractivity contribution in [2.24, 2.45) is 5.92 Å². The highest BCUT2D eigenvalue weighted by molar-refractivity contribution is 5.28. The third kappa shape index (κ3) is 2.17. The lowest BCUT2D eigenvalue weighted by molar-refractivity contribution is -0.420. The quantitative estimate of drug-likeness (QED) is 0.485. The summed E-state index contributed by atoms with van der Waals surface area (Å²) in [5, 5.41) is 10.6. The Balaban J connectivity index is 2.98. The van der Waals surface area contributed by atoms with Crippen LogP contribution in [0.5, 0.6) is 0 Å². The van der Waals surface area contributed by atoms with Crippen LogP contribution in [0.4, 0.5) is 0 Å². The van der Waals surface area contributed by atoms with Crippen molar-refractivity contribution < 1.29 is 4.92 Å². The molecule has 0 radical (unpaired) electrons. The standard InChI is InChI=1S/C10H15NO2/c1-7(2)9-5-4-8(3)10(6-9)11(12)13/h6-7H,4-5H2,1-3H3. The van der Waals surface area contributed by atoms with E-state index in [9.17, 15) is 10.1 Å². The summed E-state index contributed by atoms with van der Waals surface area (Å²) in [4.78, 5) is 10.4. The van der Waals surface area contributed by atoms with Gasteiger partial charge in [-0.3, -0.25) is 10.1 Å². The Morgan fingerprint density at radius 2 is 2.08 bits per heavy atom. The predicted octanol–water partition coefficient (Wildman–Crippen LogP) is 2.91. The molecule has 0 N–H and O–H groups in total. The molecule has 0 amide bonds. The molecule has 13 heavy (non-hydrogen) atoms. The van der Waals surface area contributed by atoms with Gasteiger partial charge in [-0.05, 0) is 25.7 Å². The second-order valence-electron chi connectivity index (χ2n) is 3.80. The fourth-order valence-corrected chi connectivity index (χ4v) is 1.49. The largest absolute Gasteiger partial charge is 0.268 e. The van der Waals surface area contributed by atoms with Gasteiger partial charge in [0.2, 0.25) is 0 Å². The molecule has 0 unspecified atom stereocenters. The Bertz CT molecular complexity index is 287. The van der Waals surface area contributed by atoms with Crippen LogP contribution in [-0.4, -0.2) is 4.92 Å². The average molecular weight is 181 g/mol. The summed E-state index contributed by atoms with van der Waals surface area (Å²) in [7, 11) is 0. The molecule has 0 aromatic heterocycles. The zero-order valence-corrected chi connectivity index (χ0v) is 8.33. The van der Waals surface area contributed by atoms with Crippen LogP contribution in [0.3, 0.4) is 0 Å². The van der Waals surface area contributed by atoms with E-state index in [1.807, 2.05) is 6.92 Å². The van der Waals surface area contributed by atoms with Crippen molar-refractivity contribution in [1.82, 2.24) is 0 Å². The summed E-state index contributed by atoms with van der Waals surface area (Å²) in [6.07, 6.45) is 3.55. The summed E-state index contributed by atoms with van der Waals surface area (Å²) in [5.41, 5.74) is 2.39. The molecule has 1 aliphatic rings. The van der Waals surface area contributed by atoms with Crippen LogP contribution in [0.1, 0.15) is 33.6 Å². The minimum absolute atomic E-state index is 0.281. The minimum atomic E-state index is -0.281. The van der Waals surface area contributed by atoms with Crippen molar-refractivity contribution in [3.63, 3.8) is 0 Å². The van der Waals surface area contributed by atoms with E-state index in [0.717, 1.165) is 18.4 Å². The van der Waals surface area contributed by atoms with E-state index in [-0.39, 0.29) is 4.92 Å². The molecule has 0 heterocycles. The minimum Gasteiger partial charge on any atom is -0.258 e. The van der Waals surface area contributed by atoms with Gasteiger partial charge < -0.3 is 0 Å². The zero-order valence-electron chi connectivity index (χ0n) is 8.33. The van der Waals surface area contributed by atoms with Gasteiger partial charge in [-0.15, -0.1) is 0 Å². The molecule has 0 fully saturated rings. The molecule has 0 spiro atoms. The van der Waals surface area contributed by atoms with E-state index in [2.05, 4.69) is 13.8 Å². The van der Waals surface area contributed by atoms with Crippen LogP contribution >= 0.6 is 0 Å². The first-order chi connectivity index (χ1) is 6.02. The summed E-state index contributed by atoms with van der Waals surface area (Å²) in [6.45, 7) is 5.99. The van der Waals surface area contributed by atoms with Crippen LogP contribution in [0, 0.1) is 16.0 Å². The molecular weight excluding hydrogens is 166 g/mol. The van der Waals surface area contributed by atoms with Crippen molar-refractivity contribution >= 4 is 0 Å². The maximum atomic E-state index is 10.6. The third-order valence-electron chi connectivity index (χ3n) is 2.49. The first-order valence-corrected chi connectivity index (χ1v) is 4.57. The average Bonchev–Trinajstić information content (AvgIpc) is 2.04. The number of nitrogens with zero attached hydrogens (tertiary/aromatic N) is 1. The fourth-order valence-electron chi connectivity index (χ4n) is 1.49. The molecule has 1 aliphatic carbocycles. The number of hydrogen-bond acceptors (Lipinski definition) is 2. The molecule has 0 saturated carbocycles. The van der Waals surface area contributed by atoms with Gasteiger partial charge in [-0.2, -0.15) is 0 Å². The number of nitro groups is 1. The van der Waals surface area contributed by atoms with Crippen LogP contribution in [0.15, 0.2) is 22.9 Å². The van der Waals surface area contributed by atoms with Gasteiger partial charge in [-0.1, -0.05) is 19.4 Å². The molecule has 0 atom stereocenters. The van der Waals surface area contributed by atoms with Crippen molar-refractivity contribution in [2.75, 3.05) is 0 Å². The summed E-state index contributed by atoms with van der Waals surface area (Å²) >= 11 is 0. The van der Waals surface area contributed by atoms with Gasteiger partial charge in [0.05, 0.1) is 4.92 Å². The van der Waals surface area contributed by atoms with Crippen LogP contribution < -0.4 is 0 Å². The van der Waals surface area contributed by atoms with E-state index in [0.29, 0.717) is 11.6 Å². The molecule has 1 rings (SSSR count). The molecule has 0 aromatic rings. The van der Waals surface area contributed by atoms with Crippen molar-refractivity contribution in [2.45, 2.75) is 33.6 Å². The molecular formula is C10H15NO2. The van der Waals surface area contributed by atoms with Crippen LogP contribution in [0.25, 0.3) is 0 Å². The molecule has 0 saturated heterocycles. The van der Waals surface area contributed by atoms with Gasteiger partial charge in [0.15, 0.2) is 0 Å². The lowest BCUT2D eigenvalue weighted by atomic mass is 9.90. The Kier molecular flexibility index (Phi) is 2.86. The lowest BCUT2D eigenvalue weighted by Gasteiger charge is -2.15. The number of hydrogen-bond donors (Lipinski definition) is 0. The Hall–Kier alpha value is -1.12. The molecule has 72 valence electrons. The summed E-state index contributed by atoms with van der Waals surface area (Å²) in [5.74, 6) is 0.419. The monoisotopic (exact) mass is 181 g/mol. The second kappa shape index (κ2) is 3.73. The maximum Gasteiger partial charge on any atom is 0.268 e. The van der Waals surface area contributed by atoms with Gasteiger partial charge in [0.1, 0.15) is 0 Å². The van der Waals surface area contributed by atoms with Gasteiger partial charge in [0.25, 0.3) is 5.70 Å². The van der Waals surface area contributed by atoms with E-state index < -0.39 is 0 Å². The first kappa shape index (κ1) is 9.96. The van der Waals surface area contributed by atoms with Crippen molar-refractivity contribution in [3.8, 4) is 0 Å². The van der Waals surface area contributed by atoms with Crippen LogP contribution in [-0.2, 0) is 0 Å².